The van der Waals surface area contributed by atoms with Crippen molar-refractivity contribution in [2.45, 2.75) is 38.2 Å². The van der Waals surface area contributed by atoms with E-state index in [9.17, 15) is 9.18 Å². The summed E-state index contributed by atoms with van der Waals surface area (Å²) in [5.74, 6) is 0.337. The van der Waals surface area contributed by atoms with Crippen LogP contribution in [-0.4, -0.2) is 39.0 Å². The van der Waals surface area contributed by atoms with E-state index in [0.29, 0.717) is 22.3 Å². The van der Waals surface area contributed by atoms with E-state index in [-0.39, 0.29) is 11.7 Å². The molecule has 1 aromatic carbocycles. The Balaban J connectivity index is 1.41. The molecule has 1 saturated heterocycles. The molecule has 0 spiro atoms. The minimum Gasteiger partial charge on any atom is -0.387 e. The Morgan fingerprint density at radius 3 is 2.89 bits per heavy atom. The molecular formula is C20H21FIN3O2S. The molecule has 3 heterocycles. The van der Waals surface area contributed by atoms with Crippen LogP contribution in [0.2, 0.25) is 0 Å². The Hall–Kier alpha value is -1.55. The summed E-state index contributed by atoms with van der Waals surface area (Å²) in [6, 6.07) is 5.05. The summed E-state index contributed by atoms with van der Waals surface area (Å²) in [4.78, 5) is 24.1. The smallest absolute Gasteiger partial charge is 0.232 e. The van der Waals surface area contributed by atoms with E-state index in [1.165, 1.54) is 6.07 Å². The number of hydrogen-bond acceptors (Lipinski definition) is 5. The molecule has 1 unspecified atom stereocenters. The lowest BCUT2D eigenvalue weighted by atomic mass is 9.97. The van der Waals surface area contributed by atoms with Crippen LogP contribution in [0.3, 0.4) is 0 Å². The molecule has 4 rings (SSSR count). The fraction of sp³-hybridized carbons (Fsp3) is 0.450. The van der Waals surface area contributed by atoms with E-state index in [4.69, 9.17) is 9.82 Å². The first-order valence-corrected chi connectivity index (χ1v) is 11.7. The average molecular weight is 513 g/mol. The third-order valence-electron chi connectivity index (χ3n) is 5.39. The zero-order valence-electron chi connectivity index (χ0n) is 15.5. The molecule has 1 aromatic heterocycles. The lowest BCUT2D eigenvalue weighted by Gasteiger charge is -2.30. The van der Waals surface area contributed by atoms with Gasteiger partial charge in [0.15, 0.2) is 6.10 Å². The highest BCUT2D eigenvalue weighted by atomic mass is 127. The molecule has 2 aromatic rings. The van der Waals surface area contributed by atoms with Crippen molar-refractivity contribution >= 4 is 45.5 Å². The first-order valence-electron chi connectivity index (χ1n) is 9.34. The zero-order valence-corrected chi connectivity index (χ0v) is 18.5. The first-order chi connectivity index (χ1) is 13.6. The number of likely N-dealkylation sites (tertiary alicyclic amines) is 1. The number of carbonyl (C=O) groups is 1. The number of aryl methyl sites for hydroxylation is 1. The van der Waals surface area contributed by atoms with Crippen molar-refractivity contribution in [1.29, 1.82) is 0 Å². The summed E-state index contributed by atoms with van der Waals surface area (Å²) in [7, 11) is 0. The van der Waals surface area contributed by atoms with Gasteiger partial charge in [0.05, 0.1) is 15.1 Å². The maximum Gasteiger partial charge on any atom is 0.232 e. The number of aromatic nitrogens is 1. The number of nitrogens with zero attached hydrogens (tertiary/aromatic N) is 3. The molecule has 0 radical (unpaired) electrons. The van der Waals surface area contributed by atoms with E-state index >= 15 is 0 Å². The number of hydrogen-bond donors (Lipinski definition) is 0. The van der Waals surface area contributed by atoms with Crippen molar-refractivity contribution < 1.29 is 14.0 Å². The fourth-order valence-electron chi connectivity index (χ4n) is 3.80. The summed E-state index contributed by atoms with van der Waals surface area (Å²) < 4.78 is 14.8. The molecule has 2 aliphatic heterocycles. The van der Waals surface area contributed by atoms with Crippen LogP contribution in [0.15, 0.2) is 28.7 Å². The monoisotopic (exact) mass is 513 g/mol. The van der Waals surface area contributed by atoms with Gasteiger partial charge >= 0.3 is 0 Å². The van der Waals surface area contributed by atoms with Crippen LogP contribution < -0.4 is 0 Å². The molecule has 8 heteroatoms. The van der Waals surface area contributed by atoms with Gasteiger partial charge in [-0.1, -0.05) is 39.9 Å². The third kappa shape index (κ3) is 3.94. The highest BCUT2D eigenvalue weighted by Crippen LogP contribution is 2.35. The maximum atomic E-state index is 14.2. The van der Waals surface area contributed by atoms with Gasteiger partial charge in [-0.05, 0) is 31.4 Å². The summed E-state index contributed by atoms with van der Waals surface area (Å²) >= 11 is 3.75. The minimum absolute atomic E-state index is 0.214. The van der Waals surface area contributed by atoms with Gasteiger partial charge in [-0.2, -0.15) is 0 Å². The normalized spacial score (nSPS) is 20.2. The lowest BCUT2D eigenvalue weighted by molar-refractivity contribution is -0.129. The van der Waals surface area contributed by atoms with Gasteiger partial charge in [-0.25, -0.2) is 9.37 Å². The molecule has 1 fully saturated rings. The summed E-state index contributed by atoms with van der Waals surface area (Å²) in [5, 5.41) is 7.29. The van der Waals surface area contributed by atoms with Gasteiger partial charge in [0.25, 0.3) is 0 Å². The van der Waals surface area contributed by atoms with Gasteiger partial charge in [-0.3, -0.25) is 4.79 Å². The van der Waals surface area contributed by atoms with Crippen molar-refractivity contribution in [3.63, 3.8) is 0 Å². The third-order valence-corrected chi connectivity index (χ3v) is 7.05. The average Bonchev–Trinajstić information content (AvgIpc) is 3.37. The Labute approximate surface area is 181 Å². The number of oxime groups is 1. The van der Waals surface area contributed by atoms with Gasteiger partial charge in [0.2, 0.25) is 5.91 Å². The second-order valence-electron chi connectivity index (χ2n) is 7.17. The van der Waals surface area contributed by atoms with Crippen molar-refractivity contribution in [2.75, 3.05) is 17.5 Å². The van der Waals surface area contributed by atoms with Gasteiger partial charge in [-0.15, -0.1) is 11.3 Å². The first kappa shape index (κ1) is 19.8. The quantitative estimate of drug-likeness (QED) is 0.444. The van der Waals surface area contributed by atoms with Crippen molar-refractivity contribution in [3.05, 3.63) is 51.2 Å². The van der Waals surface area contributed by atoms with Crippen molar-refractivity contribution in [2.24, 2.45) is 5.16 Å². The topological polar surface area (TPSA) is 54.8 Å². The van der Waals surface area contributed by atoms with E-state index < -0.39 is 6.10 Å². The number of alkyl halides is 1. The molecular weight excluding hydrogens is 492 g/mol. The number of benzene rings is 1. The molecule has 0 aliphatic carbocycles. The SMILES string of the molecule is Cc1cccc(F)c1C1CC(c2csc(C3CCN(C(=O)CI)CC3)n2)=NO1. The number of thiazole rings is 1. The molecule has 0 N–H and O–H groups in total. The molecule has 5 nitrogen and oxygen atoms in total. The van der Waals surface area contributed by atoms with Gasteiger partial charge in [0.1, 0.15) is 11.5 Å². The number of halogens is 2. The number of piperidine rings is 1. The molecule has 28 heavy (non-hydrogen) atoms. The second kappa shape index (κ2) is 8.44. The Kier molecular flexibility index (Phi) is 5.96. The van der Waals surface area contributed by atoms with Crippen molar-refractivity contribution in [1.82, 2.24) is 9.88 Å². The van der Waals surface area contributed by atoms with Crippen LogP contribution in [0, 0.1) is 12.7 Å². The van der Waals surface area contributed by atoms with Crippen molar-refractivity contribution in [3.8, 4) is 0 Å². The number of carbonyl (C=O) groups excluding carboxylic acids is 1. The summed E-state index contributed by atoms with van der Waals surface area (Å²) in [6.07, 6.45) is 2.00. The predicted molar refractivity (Wildman–Crippen MR) is 116 cm³/mol. The standard InChI is InChI=1S/C20H21FIN3O2S/c1-12-3-2-4-14(21)19(12)17-9-15(24-27-17)16-11-28-20(23-16)13-5-7-25(8-6-13)18(26)10-22/h2-4,11,13,17H,5-10H2,1H3. The molecule has 148 valence electrons. The van der Waals surface area contributed by atoms with Crippen LogP contribution >= 0.6 is 33.9 Å². The van der Waals surface area contributed by atoms with Crippen LogP contribution in [0.25, 0.3) is 0 Å². The van der Waals surface area contributed by atoms with Gasteiger partial charge in [0, 0.05) is 36.4 Å². The number of rotatable bonds is 4. The van der Waals surface area contributed by atoms with Crippen LogP contribution in [0.5, 0.6) is 0 Å². The highest BCUT2D eigenvalue weighted by Gasteiger charge is 2.30. The van der Waals surface area contributed by atoms with E-state index in [1.807, 2.05) is 23.3 Å². The van der Waals surface area contributed by atoms with Gasteiger partial charge < -0.3 is 9.74 Å². The van der Waals surface area contributed by atoms with E-state index in [2.05, 4.69) is 27.7 Å². The largest absolute Gasteiger partial charge is 0.387 e. The van der Waals surface area contributed by atoms with Crippen LogP contribution in [0.1, 0.15) is 53.1 Å². The molecule has 1 atom stereocenters. The second-order valence-corrected chi connectivity index (χ2v) is 8.82. The zero-order chi connectivity index (χ0) is 19.7. The van der Waals surface area contributed by atoms with E-state index in [1.54, 1.807) is 17.4 Å². The highest BCUT2D eigenvalue weighted by molar-refractivity contribution is 14.1. The fourth-order valence-corrected chi connectivity index (χ4v) is 5.29. The molecule has 0 bridgehead atoms. The summed E-state index contributed by atoms with van der Waals surface area (Å²) in [6.45, 7) is 3.47. The molecule has 0 saturated carbocycles. The number of amides is 1. The predicted octanol–water partition coefficient (Wildman–Crippen LogP) is 4.60. The Morgan fingerprint density at radius 1 is 1.39 bits per heavy atom. The van der Waals surface area contributed by atoms with Crippen LogP contribution in [-0.2, 0) is 9.63 Å². The maximum absolute atomic E-state index is 14.2. The van der Waals surface area contributed by atoms with Crippen LogP contribution in [0.4, 0.5) is 4.39 Å². The minimum atomic E-state index is -0.399. The molecule has 1 amide bonds. The summed E-state index contributed by atoms with van der Waals surface area (Å²) in [5.41, 5.74) is 3.03. The van der Waals surface area contributed by atoms with E-state index in [0.717, 1.165) is 47.9 Å². The molecule has 2 aliphatic rings. The Morgan fingerprint density at radius 2 is 2.18 bits per heavy atom. The lowest BCUT2D eigenvalue weighted by Crippen LogP contribution is -2.38. The Bertz CT molecular complexity index is 888.